The van der Waals surface area contributed by atoms with Crippen molar-refractivity contribution < 1.29 is 4.39 Å². The van der Waals surface area contributed by atoms with Crippen molar-refractivity contribution in [2.24, 2.45) is 11.5 Å². The number of rotatable bonds is 0. The summed E-state index contributed by atoms with van der Waals surface area (Å²) in [5.74, 6) is 0. The molecule has 9 heavy (non-hydrogen) atoms. The molecule has 0 amide bonds. The van der Waals surface area contributed by atoms with Crippen molar-refractivity contribution in [1.82, 2.24) is 0 Å². The molecule has 0 aromatic rings. The van der Waals surface area contributed by atoms with Crippen LogP contribution in [0.25, 0.3) is 0 Å². The summed E-state index contributed by atoms with van der Waals surface area (Å²) in [6, 6.07) is -0.535. The highest BCUT2D eigenvalue weighted by atomic mass is 19.1. The Morgan fingerprint density at radius 3 is 2.33 bits per heavy atom. The Hall–Kier alpha value is -0.150. The Kier molecular flexibility index (Phi) is 2.03. The molecule has 0 aromatic heterocycles. The molecule has 0 radical (unpaired) electrons. The third-order valence-electron chi connectivity index (χ3n) is 1.93. The van der Waals surface area contributed by atoms with Gasteiger partial charge in [-0.05, 0) is 19.3 Å². The average Bonchev–Trinajstić information content (AvgIpc) is 1.83. The van der Waals surface area contributed by atoms with Crippen LogP contribution in [0.1, 0.15) is 19.3 Å². The first-order chi connectivity index (χ1) is 4.22. The fourth-order valence-electron chi connectivity index (χ4n) is 1.20. The Labute approximate surface area is 54.4 Å². The minimum atomic E-state index is -0.867. The van der Waals surface area contributed by atoms with Crippen molar-refractivity contribution in [2.75, 3.05) is 0 Å². The summed E-state index contributed by atoms with van der Waals surface area (Å²) < 4.78 is 12.6. The van der Waals surface area contributed by atoms with E-state index in [1.807, 2.05) is 0 Å². The van der Waals surface area contributed by atoms with Gasteiger partial charge in [-0.3, -0.25) is 0 Å². The van der Waals surface area contributed by atoms with E-state index in [4.69, 9.17) is 11.5 Å². The third-order valence-corrected chi connectivity index (χ3v) is 1.93. The van der Waals surface area contributed by atoms with E-state index in [1.54, 1.807) is 0 Å². The Bertz CT molecular complexity index is 87.1. The lowest BCUT2D eigenvalue weighted by Crippen LogP contribution is -2.50. The van der Waals surface area contributed by atoms with E-state index in [0.29, 0.717) is 6.42 Å². The lowest BCUT2D eigenvalue weighted by molar-refractivity contribution is 0.198. The number of hydrogen-bond donors (Lipinski definition) is 2. The van der Waals surface area contributed by atoms with Crippen LogP contribution in [0.15, 0.2) is 0 Å². The lowest BCUT2D eigenvalue weighted by Gasteiger charge is -2.28. The summed E-state index contributed by atoms with van der Waals surface area (Å²) in [7, 11) is 0. The van der Waals surface area contributed by atoms with E-state index >= 15 is 0 Å². The monoisotopic (exact) mass is 132 g/mol. The van der Waals surface area contributed by atoms with Gasteiger partial charge in [0.15, 0.2) is 0 Å². The molecule has 3 heteroatoms. The number of nitrogens with two attached hydrogens (primary N) is 2. The number of hydrogen-bond acceptors (Lipinski definition) is 2. The van der Waals surface area contributed by atoms with E-state index in [-0.39, 0.29) is 6.04 Å². The van der Waals surface area contributed by atoms with Gasteiger partial charge in [0.05, 0.1) is 6.04 Å². The number of halogens is 1. The second kappa shape index (κ2) is 2.62. The molecular weight excluding hydrogens is 119 g/mol. The molecule has 0 aromatic carbocycles. The summed E-state index contributed by atoms with van der Waals surface area (Å²) >= 11 is 0. The van der Waals surface area contributed by atoms with Crippen molar-refractivity contribution in [3.63, 3.8) is 0 Å². The lowest BCUT2D eigenvalue weighted by atomic mass is 9.90. The minimum Gasteiger partial charge on any atom is -0.326 e. The van der Waals surface area contributed by atoms with E-state index in [2.05, 4.69) is 0 Å². The second-order valence-electron chi connectivity index (χ2n) is 2.69. The normalized spacial score (nSPS) is 45.0. The van der Waals surface area contributed by atoms with Gasteiger partial charge in [0, 0.05) is 6.04 Å². The molecule has 0 aliphatic heterocycles. The maximum atomic E-state index is 12.6. The number of alkyl halides is 1. The van der Waals surface area contributed by atoms with Crippen LogP contribution >= 0.6 is 0 Å². The van der Waals surface area contributed by atoms with Gasteiger partial charge in [-0.25, -0.2) is 4.39 Å². The summed E-state index contributed by atoms with van der Waals surface area (Å²) in [5.41, 5.74) is 10.9. The average molecular weight is 132 g/mol. The molecule has 0 saturated heterocycles. The molecule has 0 heterocycles. The van der Waals surface area contributed by atoms with Gasteiger partial charge in [-0.15, -0.1) is 0 Å². The molecule has 0 bridgehead atoms. The van der Waals surface area contributed by atoms with Crippen molar-refractivity contribution >= 4 is 0 Å². The topological polar surface area (TPSA) is 52.0 Å². The summed E-state index contributed by atoms with van der Waals surface area (Å²) in [6.07, 6.45) is 1.49. The van der Waals surface area contributed by atoms with E-state index in [1.165, 1.54) is 0 Å². The quantitative estimate of drug-likeness (QED) is 0.493. The molecule has 2 nitrogen and oxygen atoms in total. The van der Waals surface area contributed by atoms with Crippen LogP contribution in [0, 0.1) is 0 Å². The molecule has 1 rings (SSSR count). The molecule has 3 atom stereocenters. The predicted octanol–water partition coefficient (Wildman–Crippen LogP) is 0.163. The third kappa shape index (κ3) is 1.40. The van der Waals surface area contributed by atoms with Crippen LogP contribution in [0.3, 0.4) is 0 Å². The molecule has 3 unspecified atom stereocenters. The minimum absolute atomic E-state index is 0.117. The summed E-state index contributed by atoms with van der Waals surface area (Å²) in [6.45, 7) is 0. The van der Waals surface area contributed by atoms with E-state index in [9.17, 15) is 4.39 Å². The van der Waals surface area contributed by atoms with Gasteiger partial charge in [0.25, 0.3) is 0 Å². The van der Waals surface area contributed by atoms with Gasteiger partial charge >= 0.3 is 0 Å². The maximum absolute atomic E-state index is 12.6. The molecule has 1 saturated carbocycles. The van der Waals surface area contributed by atoms with Crippen LogP contribution in [0.2, 0.25) is 0 Å². The maximum Gasteiger partial charge on any atom is 0.117 e. The van der Waals surface area contributed by atoms with Gasteiger partial charge in [0.1, 0.15) is 6.17 Å². The Balaban J connectivity index is 2.41. The van der Waals surface area contributed by atoms with Crippen LogP contribution in [0.5, 0.6) is 0 Å². The van der Waals surface area contributed by atoms with Gasteiger partial charge in [-0.1, -0.05) is 0 Å². The fourth-order valence-corrected chi connectivity index (χ4v) is 1.20. The first-order valence-corrected chi connectivity index (χ1v) is 3.37. The Morgan fingerprint density at radius 1 is 1.22 bits per heavy atom. The van der Waals surface area contributed by atoms with Crippen LogP contribution < -0.4 is 11.5 Å². The van der Waals surface area contributed by atoms with Crippen molar-refractivity contribution in [3.05, 3.63) is 0 Å². The fraction of sp³-hybridized carbons (Fsp3) is 1.00. The van der Waals surface area contributed by atoms with Crippen LogP contribution in [-0.2, 0) is 0 Å². The van der Waals surface area contributed by atoms with E-state index < -0.39 is 12.2 Å². The van der Waals surface area contributed by atoms with E-state index in [0.717, 1.165) is 12.8 Å². The molecular formula is C6H13FN2. The van der Waals surface area contributed by atoms with Gasteiger partial charge in [0.2, 0.25) is 0 Å². The predicted molar refractivity (Wildman–Crippen MR) is 34.7 cm³/mol. The summed E-state index contributed by atoms with van der Waals surface area (Å²) in [5, 5.41) is 0. The molecule has 1 fully saturated rings. The Morgan fingerprint density at radius 2 is 1.89 bits per heavy atom. The van der Waals surface area contributed by atoms with Gasteiger partial charge in [-0.2, -0.15) is 0 Å². The smallest absolute Gasteiger partial charge is 0.117 e. The highest BCUT2D eigenvalue weighted by molar-refractivity contribution is 4.87. The highest BCUT2D eigenvalue weighted by Crippen LogP contribution is 2.18. The largest absolute Gasteiger partial charge is 0.326 e. The molecule has 54 valence electrons. The zero-order valence-electron chi connectivity index (χ0n) is 5.39. The van der Waals surface area contributed by atoms with Crippen molar-refractivity contribution in [2.45, 2.75) is 37.5 Å². The first-order valence-electron chi connectivity index (χ1n) is 3.37. The zero-order chi connectivity index (χ0) is 6.85. The first kappa shape index (κ1) is 6.96. The van der Waals surface area contributed by atoms with Crippen molar-refractivity contribution in [1.29, 1.82) is 0 Å². The zero-order valence-corrected chi connectivity index (χ0v) is 5.39. The SMILES string of the molecule is NC1CCCC(F)C1N. The van der Waals surface area contributed by atoms with Gasteiger partial charge < -0.3 is 11.5 Å². The van der Waals surface area contributed by atoms with Crippen LogP contribution in [-0.4, -0.2) is 18.3 Å². The standard InChI is InChI=1S/C6H13FN2/c7-4-2-1-3-5(8)6(4)9/h4-6H,1-3,8-9H2. The van der Waals surface area contributed by atoms with Crippen molar-refractivity contribution in [3.8, 4) is 0 Å². The molecule has 1 aliphatic rings. The molecule has 1 aliphatic carbocycles. The van der Waals surface area contributed by atoms with Crippen LogP contribution in [0.4, 0.5) is 4.39 Å². The second-order valence-corrected chi connectivity index (χ2v) is 2.69. The highest BCUT2D eigenvalue weighted by Gasteiger charge is 2.27. The summed E-state index contributed by atoms with van der Waals surface area (Å²) in [4.78, 5) is 0. The molecule has 4 N–H and O–H groups in total. The molecule has 0 spiro atoms.